The summed E-state index contributed by atoms with van der Waals surface area (Å²) in [6.07, 6.45) is 2.47. The zero-order valence-corrected chi connectivity index (χ0v) is 13.9. The van der Waals surface area contributed by atoms with Crippen molar-refractivity contribution in [3.8, 4) is 11.5 Å². The summed E-state index contributed by atoms with van der Waals surface area (Å²) in [6.45, 7) is 2.30. The summed E-state index contributed by atoms with van der Waals surface area (Å²) in [4.78, 5) is 12.2. The van der Waals surface area contributed by atoms with Gasteiger partial charge in [0, 0.05) is 31.2 Å². The molecule has 0 atom stereocenters. The number of aromatic nitrogens is 1. The van der Waals surface area contributed by atoms with Crippen molar-refractivity contribution in [2.45, 2.75) is 19.5 Å². The van der Waals surface area contributed by atoms with Crippen molar-refractivity contribution < 1.29 is 14.3 Å². The van der Waals surface area contributed by atoms with Gasteiger partial charge in [-0.3, -0.25) is 4.79 Å². The quantitative estimate of drug-likeness (QED) is 0.779. The van der Waals surface area contributed by atoms with E-state index in [0.717, 1.165) is 22.6 Å². The van der Waals surface area contributed by atoms with Crippen molar-refractivity contribution in [3.63, 3.8) is 0 Å². The highest BCUT2D eigenvalue weighted by Crippen LogP contribution is 2.30. The van der Waals surface area contributed by atoms with Gasteiger partial charge in [-0.1, -0.05) is 24.3 Å². The average Bonchev–Trinajstić information content (AvgIpc) is 3.08. The summed E-state index contributed by atoms with van der Waals surface area (Å²) in [5.41, 5.74) is 2.16. The van der Waals surface area contributed by atoms with E-state index in [4.69, 9.17) is 9.47 Å². The van der Waals surface area contributed by atoms with E-state index in [1.165, 1.54) is 5.39 Å². The Labute approximate surface area is 146 Å². The molecule has 1 amide bonds. The van der Waals surface area contributed by atoms with Gasteiger partial charge in [-0.15, -0.1) is 0 Å². The standard InChI is InChI=1S/C20H20N2O3/c23-20(8-10-22-9-7-16-3-1-2-4-17(16)22)21-14-15-5-6-18-19(13-15)25-12-11-24-18/h1-7,9,13H,8,10-12,14H2,(H,21,23). The molecule has 2 heterocycles. The molecule has 5 nitrogen and oxygen atoms in total. The maximum atomic E-state index is 12.2. The minimum atomic E-state index is 0.0349. The number of ether oxygens (including phenoxy) is 2. The topological polar surface area (TPSA) is 52.5 Å². The lowest BCUT2D eigenvalue weighted by atomic mass is 10.2. The van der Waals surface area contributed by atoms with Crippen molar-refractivity contribution in [3.05, 3.63) is 60.3 Å². The number of aryl methyl sites for hydroxylation is 1. The third-order valence-corrected chi connectivity index (χ3v) is 4.36. The number of nitrogens with one attached hydrogen (secondary N) is 1. The SMILES string of the molecule is O=C(CCn1ccc2ccccc21)NCc1ccc2c(c1)OCCO2. The van der Waals surface area contributed by atoms with Gasteiger partial charge in [0.05, 0.1) is 0 Å². The third-order valence-electron chi connectivity index (χ3n) is 4.36. The lowest BCUT2D eigenvalue weighted by Crippen LogP contribution is -2.24. The van der Waals surface area contributed by atoms with Crippen LogP contribution in [-0.4, -0.2) is 23.7 Å². The fraction of sp³-hybridized carbons (Fsp3) is 0.250. The first-order chi connectivity index (χ1) is 12.3. The molecule has 0 aliphatic carbocycles. The van der Waals surface area contributed by atoms with Crippen molar-refractivity contribution in [1.29, 1.82) is 0 Å². The van der Waals surface area contributed by atoms with Crippen LogP contribution in [0.25, 0.3) is 10.9 Å². The van der Waals surface area contributed by atoms with E-state index in [2.05, 4.69) is 28.1 Å². The van der Waals surface area contributed by atoms with Crippen LogP contribution in [0.2, 0.25) is 0 Å². The van der Waals surface area contributed by atoms with Gasteiger partial charge in [-0.05, 0) is 35.2 Å². The Morgan fingerprint density at radius 3 is 2.80 bits per heavy atom. The van der Waals surface area contributed by atoms with E-state index >= 15 is 0 Å². The van der Waals surface area contributed by atoms with E-state index in [1.54, 1.807) is 0 Å². The number of benzene rings is 2. The maximum Gasteiger partial charge on any atom is 0.222 e. The van der Waals surface area contributed by atoms with Gasteiger partial charge >= 0.3 is 0 Å². The number of carbonyl (C=O) groups is 1. The Kier molecular flexibility index (Phi) is 4.29. The summed E-state index contributed by atoms with van der Waals surface area (Å²) >= 11 is 0. The fourth-order valence-electron chi connectivity index (χ4n) is 3.04. The molecule has 1 N–H and O–H groups in total. The molecular weight excluding hydrogens is 316 g/mol. The molecule has 0 fully saturated rings. The molecule has 1 aliphatic rings. The van der Waals surface area contributed by atoms with Crippen LogP contribution in [0, 0.1) is 0 Å². The lowest BCUT2D eigenvalue weighted by Gasteiger charge is -2.19. The Hall–Kier alpha value is -2.95. The Morgan fingerprint density at radius 1 is 1.04 bits per heavy atom. The van der Waals surface area contributed by atoms with E-state index in [-0.39, 0.29) is 5.91 Å². The molecular formula is C20H20N2O3. The predicted molar refractivity (Wildman–Crippen MR) is 95.8 cm³/mol. The van der Waals surface area contributed by atoms with Gasteiger partial charge in [-0.25, -0.2) is 0 Å². The van der Waals surface area contributed by atoms with Crippen LogP contribution >= 0.6 is 0 Å². The van der Waals surface area contributed by atoms with Gasteiger partial charge < -0.3 is 19.4 Å². The van der Waals surface area contributed by atoms with Crippen LogP contribution in [0.4, 0.5) is 0 Å². The Morgan fingerprint density at radius 2 is 1.88 bits per heavy atom. The molecule has 0 saturated heterocycles. The zero-order valence-electron chi connectivity index (χ0n) is 13.9. The van der Waals surface area contributed by atoms with Crippen molar-refractivity contribution >= 4 is 16.8 Å². The second-order valence-corrected chi connectivity index (χ2v) is 6.07. The van der Waals surface area contributed by atoms with Crippen LogP contribution in [0.5, 0.6) is 11.5 Å². The van der Waals surface area contributed by atoms with E-state index in [1.807, 2.05) is 36.5 Å². The van der Waals surface area contributed by atoms with Crippen LogP contribution in [0.1, 0.15) is 12.0 Å². The second-order valence-electron chi connectivity index (χ2n) is 6.07. The van der Waals surface area contributed by atoms with Gasteiger partial charge in [0.1, 0.15) is 13.2 Å². The minimum Gasteiger partial charge on any atom is -0.486 e. The van der Waals surface area contributed by atoms with Gasteiger partial charge in [-0.2, -0.15) is 0 Å². The van der Waals surface area contributed by atoms with Gasteiger partial charge in [0.15, 0.2) is 11.5 Å². The van der Waals surface area contributed by atoms with Crippen molar-refractivity contribution in [1.82, 2.24) is 9.88 Å². The van der Waals surface area contributed by atoms with Crippen LogP contribution in [0.3, 0.4) is 0 Å². The monoisotopic (exact) mass is 336 g/mol. The zero-order chi connectivity index (χ0) is 17.1. The average molecular weight is 336 g/mol. The molecule has 1 aromatic heterocycles. The molecule has 0 spiro atoms. The molecule has 1 aliphatic heterocycles. The molecule has 0 saturated carbocycles. The largest absolute Gasteiger partial charge is 0.486 e. The molecule has 5 heteroatoms. The number of nitrogens with zero attached hydrogens (tertiary/aromatic N) is 1. The van der Waals surface area contributed by atoms with Crippen molar-refractivity contribution in [2.24, 2.45) is 0 Å². The summed E-state index contributed by atoms with van der Waals surface area (Å²) in [6, 6.07) is 16.0. The number of rotatable bonds is 5. The fourth-order valence-corrected chi connectivity index (χ4v) is 3.04. The number of carbonyl (C=O) groups excluding carboxylic acids is 1. The number of hydrogen-bond donors (Lipinski definition) is 1. The first kappa shape index (κ1) is 15.6. The highest BCUT2D eigenvalue weighted by atomic mass is 16.6. The second kappa shape index (κ2) is 6.89. The number of para-hydroxylation sites is 1. The summed E-state index contributed by atoms with van der Waals surface area (Å²) in [7, 11) is 0. The number of amides is 1. The van der Waals surface area contributed by atoms with E-state index in [0.29, 0.717) is 32.7 Å². The molecule has 0 radical (unpaired) electrons. The van der Waals surface area contributed by atoms with Gasteiger partial charge in [0.2, 0.25) is 5.91 Å². The smallest absolute Gasteiger partial charge is 0.222 e. The molecule has 3 aromatic rings. The maximum absolute atomic E-state index is 12.2. The van der Waals surface area contributed by atoms with Crippen LogP contribution < -0.4 is 14.8 Å². The molecule has 2 aromatic carbocycles. The number of hydrogen-bond acceptors (Lipinski definition) is 3. The first-order valence-corrected chi connectivity index (χ1v) is 8.49. The minimum absolute atomic E-state index is 0.0349. The highest BCUT2D eigenvalue weighted by Gasteiger charge is 2.12. The van der Waals surface area contributed by atoms with Crippen molar-refractivity contribution in [2.75, 3.05) is 13.2 Å². The molecule has 0 bridgehead atoms. The normalized spacial score (nSPS) is 13.0. The van der Waals surface area contributed by atoms with Crippen LogP contribution in [-0.2, 0) is 17.9 Å². The summed E-state index contributed by atoms with van der Waals surface area (Å²) < 4.78 is 13.2. The predicted octanol–water partition coefficient (Wildman–Crippen LogP) is 3.12. The molecule has 25 heavy (non-hydrogen) atoms. The molecule has 4 rings (SSSR count). The van der Waals surface area contributed by atoms with Crippen LogP contribution in [0.15, 0.2) is 54.7 Å². The summed E-state index contributed by atoms with van der Waals surface area (Å²) in [5.74, 6) is 1.55. The molecule has 0 unspecified atom stereocenters. The third kappa shape index (κ3) is 3.45. The lowest BCUT2D eigenvalue weighted by molar-refractivity contribution is -0.121. The Balaban J connectivity index is 1.32. The Bertz CT molecular complexity index is 901. The van der Waals surface area contributed by atoms with E-state index in [9.17, 15) is 4.79 Å². The number of fused-ring (bicyclic) bond motifs is 2. The summed E-state index contributed by atoms with van der Waals surface area (Å²) in [5, 5.41) is 4.16. The first-order valence-electron chi connectivity index (χ1n) is 8.49. The van der Waals surface area contributed by atoms with Gasteiger partial charge in [0.25, 0.3) is 0 Å². The highest BCUT2D eigenvalue weighted by molar-refractivity contribution is 5.80. The van der Waals surface area contributed by atoms with E-state index < -0.39 is 0 Å². The molecule has 128 valence electrons.